The van der Waals surface area contributed by atoms with Crippen molar-refractivity contribution in [3.63, 3.8) is 0 Å². The molecule has 6 nitrogen and oxygen atoms in total. The summed E-state index contributed by atoms with van der Waals surface area (Å²) in [5.74, 6) is 1.20. The number of aryl methyl sites for hydroxylation is 1. The van der Waals surface area contributed by atoms with Crippen LogP contribution in [-0.4, -0.2) is 58.6 Å². The predicted molar refractivity (Wildman–Crippen MR) is 81.2 cm³/mol. The van der Waals surface area contributed by atoms with Gasteiger partial charge in [0.25, 0.3) is 0 Å². The Morgan fingerprint density at radius 2 is 2.05 bits per heavy atom. The second-order valence-corrected chi connectivity index (χ2v) is 6.03. The fourth-order valence-electron chi connectivity index (χ4n) is 3.93. The first-order valence-electron chi connectivity index (χ1n) is 7.86. The van der Waals surface area contributed by atoms with Crippen molar-refractivity contribution in [3.8, 4) is 0 Å². The molecule has 2 aliphatic rings. The van der Waals surface area contributed by atoms with E-state index in [2.05, 4.69) is 28.6 Å². The Balaban J connectivity index is 1.90. The smallest absolute Gasteiger partial charge is 0.317 e. The summed E-state index contributed by atoms with van der Waals surface area (Å²) in [7, 11) is 1.70. The first kappa shape index (κ1) is 14.4. The second-order valence-electron chi connectivity index (χ2n) is 6.03. The third-order valence-corrected chi connectivity index (χ3v) is 5.14. The number of urea groups is 1. The molecule has 0 atom stereocenters. The second kappa shape index (κ2) is 5.33. The lowest BCUT2D eigenvalue weighted by atomic mass is 9.83. The number of carbonyl (C=O) groups is 1. The van der Waals surface area contributed by atoms with Gasteiger partial charge in [0.1, 0.15) is 5.82 Å². The summed E-state index contributed by atoms with van der Waals surface area (Å²) in [4.78, 5) is 21.0. The van der Waals surface area contributed by atoms with Gasteiger partial charge >= 0.3 is 6.03 Å². The molecule has 6 heteroatoms. The molecule has 0 bridgehead atoms. The molecule has 1 N–H and O–H groups in total. The Labute approximate surface area is 126 Å². The van der Waals surface area contributed by atoms with Crippen molar-refractivity contribution in [3.05, 3.63) is 17.7 Å². The van der Waals surface area contributed by atoms with Crippen LogP contribution < -0.4 is 5.32 Å². The van der Waals surface area contributed by atoms with E-state index in [0.29, 0.717) is 0 Å². The minimum Gasteiger partial charge on any atom is -0.341 e. The minimum absolute atomic E-state index is 0.00574. The van der Waals surface area contributed by atoms with E-state index < -0.39 is 0 Å². The molecule has 0 radical (unpaired) electrons. The highest BCUT2D eigenvalue weighted by Gasteiger charge is 2.46. The van der Waals surface area contributed by atoms with Crippen molar-refractivity contribution >= 4 is 6.03 Å². The summed E-state index contributed by atoms with van der Waals surface area (Å²) in [5, 5.41) is 2.73. The van der Waals surface area contributed by atoms with Crippen molar-refractivity contribution < 1.29 is 4.79 Å². The number of imidazole rings is 1. The lowest BCUT2D eigenvalue weighted by Gasteiger charge is -2.50. The first-order valence-corrected chi connectivity index (χ1v) is 7.86. The fourth-order valence-corrected chi connectivity index (χ4v) is 3.93. The number of nitrogens with one attached hydrogen (secondary N) is 1. The molecular formula is C15H25N5O. The number of fused-ring (bicyclic) bond motifs is 2. The van der Waals surface area contributed by atoms with Gasteiger partial charge in [0.05, 0.1) is 5.54 Å². The van der Waals surface area contributed by atoms with Crippen molar-refractivity contribution in [1.29, 1.82) is 0 Å². The van der Waals surface area contributed by atoms with Crippen LogP contribution in [0.5, 0.6) is 0 Å². The Morgan fingerprint density at radius 1 is 1.33 bits per heavy atom. The van der Waals surface area contributed by atoms with Crippen molar-refractivity contribution in [1.82, 2.24) is 24.7 Å². The van der Waals surface area contributed by atoms with Gasteiger partial charge in [-0.05, 0) is 26.3 Å². The van der Waals surface area contributed by atoms with E-state index in [-0.39, 0.29) is 11.6 Å². The molecule has 2 amide bonds. The Hall–Kier alpha value is -1.56. The zero-order valence-corrected chi connectivity index (χ0v) is 13.2. The summed E-state index contributed by atoms with van der Waals surface area (Å²) in [6.45, 7) is 9.07. The van der Waals surface area contributed by atoms with Crippen LogP contribution >= 0.6 is 0 Å². The molecule has 3 heterocycles. The topological polar surface area (TPSA) is 53.4 Å². The molecule has 0 aromatic carbocycles. The molecule has 21 heavy (non-hydrogen) atoms. The number of hydrogen-bond donors (Lipinski definition) is 1. The van der Waals surface area contributed by atoms with Crippen LogP contribution in [0.4, 0.5) is 4.79 Å². The standard InChI is InChI=1S/C15H25N5O/c1-4-19-9-10-20-12(2)11-17-13(20)15(19)5-7-18(8-6-15)14(21)16-3/h11H,4-10H2,1-3H3,(H,16,21). The number of likely N-dealkylation sites (tertiary alicyclic amines) is 1. The number of aromatic nitrogens is 2. The van der Waals surface area contributed by atoms with Gasteiger partial charge in [-0.3, -0.25) is 4.90 Å². The number of nitrogens with zero attached hydrogens (tertiary/aromatic N) is 4. The number of amides is 2. The normalized spacial score (nSPS) is 21.4. The summed E-state index contributed by atoms with van der Waals surface area (Å²) in [6, 6.07) is 0.0308. The van der Waals surface area contributed by atoms with Crippen LogP contribution in [-0.2, 0) is 12.1 Å². The molecular weight excluding hydrogens is 266 g/mol. The van der Waals surface area contributed by atoms with Gasteiger partial charge in [-0.2, -0.15) is 0 Å². The largest absolute Gasteiger partial charge is 0.341 e. The minimum atomic E-state index is 0.00574. The Morgan fingerprint density at radius 3 is 2.67 bits per heavy atom. The number of hydrogen-bond acceptors (Lipinski definition) is 3. The summed E-state index contributed by atoms with van der Waals surface area (Å²) >= 11 is 0. The maximum atomic E-state index is 11.8. The van der Waals surface area contributed by atoms with E-state index in [4.69, 9.17) is 4.98 Å². The zero-order chi connectivity index (χ0) is 15.0. The molecule has 0 saturated carbocycles. The molecule has 1 saturated heterocycles. The summed E-state index contributed by atoms with van der Waals surface area (Å²) in [6.07, 6.45) is 3.91. The van der Waals surface area contributed by atoms with Gasteiger partial charge < -0.3 is 14.8 Å². The molecule has 116 valence electrons. The molecule has 1 aromatic heterocycles. The van der Waals surface area contributed by atoms with Crippen LogP contribution in [0.15, 0.2) is 6.20 Å². The van der Waals surface area contributed by atoms with Gasteiger partial charge in [-0.15, -0.1) is 0 Å². The first-order chi connectivity index (χ1) is 10.1. The molecule has 0 unspecified atom stereocenters. The third kappa shape index (κ3) is 2.12. The van der Waals surface area contributed by atoms with Crippen LogP contribution in [0.1, 0.15) is 31.3 Å². The quantitative estimate of drug-likeness (QED) is 0.845. The number of piperidine rings is 1. The third-order valence-electron chi connectivity index (χ3n) is 5.14. The van der Waals surface area contributed by atoms with E-state index in [0.717, 1.165) is 45.6 Å². The fraction of sp³-hybridized carbons (Fsp3) is 0.733. The monoisotopic (exact) mass is 291 g/mol. The average molecular weight is 291 g/mol. The van der Waals surface area contributed by atoms with Crippen LogP contribution in [0.25, 0.3) is 0 Å². The van der Waals surface area contributed by atoms with Crippen molar-refractivity contribution in [2.45, 2.75) is 38.8 Å². The van der Waals surface area contributed by atoms with Crippen LogP contribution in [0.3, 0.4) is 0 Å². The van der Waals surface area contributed by atoms with Gasteiger partial charge in [-0.1, -0.05) is 6.92 Å². The lowest BCUT2D eigenvalue weighted by molar-refractivity contribution is 0.00220. The SMILES string of the molecule is CCN1CCn2c(C)cnc2C12CCN(C(=O)NC)CC2. The molecule has 1 spiro atoms. The van der Waals surface area contributed by atoms with Gasteiger partial charge in [0.15, 0.2) is 0 Å². The summed E-state index contributed by atoms with van der Waals surface area (Å²) in [5.41, 5.74) is 1.25. The highest BCUT2D eigenvalue weighted by molar-refractivity contribution is 5.73. The molecule has 3 rings (SSSR count). The highest BCUT2D eigenvalue weighted by Crippen LogP contribution is 2.40. The average Bonchev–Trinajstić information content (AvgIpc) is 2.90. The Bertz CT molecular complexity index is 530. The van der Waals surface area contributed by atoms with E-state index in [1.165, 1.54) is 11.5 Å². The highest BCUT2D eigenvalue weighted by atomic mass is 16.2. The number of rotatable bonds is 1. The maximum Gasteiger partial charge on any atom is 0.317 e. The molecule has 1 fully saturated rings. The number of carbonyl (C=O) groups excluding carboxylic acids is 1. The van der Waals surface area contributed by atoms with E-state index in [1.807, 2.05) is 11.1 Å². The zero-order valence-electron chi connectivity index (χ0n) is 13.2. The van der Waals surface area contributed by atoms with Crippen LogP contribution in [0, 0.1) is 6.92 Å². The van der Waals surface area contributed by atoms with E-state index >= 15 is 0 Å². The molecule has 1 aromatic rings. The van der Waals surface area contributed by atoms with Gasteiger partial charge in [-0.25, -0.2) is 9.78 Å². The maximum absolute atomic E-state index is 11.8. The molecule has 0 aliphatic carbocycles. The predicted octanol–water partition coefficient (Wildman–Crippen LogP) is 1.16. The summed E-state index contributed by atoms with van der Waals surface area (Å²) < 4.78 is 2.36. The lowest BCUT2D eigenvalue weighted by Crippen LogP contribution is -2.59. The van der Waals surface area contributed by atoms with Gasteiger partial charge in [0, 0.05) is 45.1 Å². The van der Waals surface area contributed by atoms with E-state index in [1.54, 1.807) is 7.05 Å². The van der Waals surface area contributed by atoms with Crippen LogP contribution in [0.2, 0.25) is 0 Å². The van der Waals surface area contributed by atoms with Crippen molar-refractivity contribution in [2.24, 2.45) is 0 Å². The molecule has 2 aliphatic heterocycles. The Kier molecular flexibility index (Phi) is 3.65. The van der Waals surface area contributed by atoms with Crippen molar-refractivity contribution in [2.75, 3.05) is 33.2 Å². The van der Waals surface area contributed by atoms with E-state index in [9.17, 15) is 4.79 Å². The van der Waals surface area contributed by atoms with Gasteiger partial charge in [0.2, 0.25) is 0 Å². The number of likely N-dealkylation sites (N-methyl/N-ethyl adjacent to an activating group) is 1.